The van der Waals surface area contributed by atoms with Crippen LogP contribution in [0.2, 0.25) is 0 Å². The highest BCUT2D eigenvalue weighted by Crippen LogP contribution is 2.33. The van der Waals surface area contributed by atoms with Crippen LogP contribution in [0.5, 0.6) is 0 Å². The molecule has 0 aliphatic heterocycles. The van der Waals surface area contributed by atoms with Gasteiger partial charge in [-0.15, -0.1) is 0 Å². The van der Waals surface area contributed by atoms with E-state index in [9.17, 15) is 5.11 Å². The molecule has 2 unspecified atom stereocenters. The predicted molar refractivity (Wildman–Crippen MR) is 73.6 cm³/mol. The van der Waals surface area contributed by atoms with E-state index in [0.29, 0.717) is 12.1 Å². The predicted octanol–water partition coefficient (Wildman–Crippen LogP) is 2.47. The summed E-state index contributed by atoms with van der Waals surface area (Å²) in [5.74, 6) is 0.824. The van der Waals surface area contributed by atoms with Gasteiger partial charge in [0.1, 0.15) is 0 Å². The van der Waals surface area contributed by atoms with Gasteiger partial charge in [0.05, 0.1) is 12.7 Å². The summed E-state index contributed by atoms with van der Waals surface area (Å²) in [4.78, 5) is 0. The van der Waals surface area contributed by atoms with E-state index in [1.807, 2.05) is 7.11 Å². The second-order valence-corrected chi connectivity index (χ2v) is 6.49. The molecule has 0 aromatic carbocycles. The van der Waals surface area contributed by atoms with Gasteiger partial charge in [-0.1, -0.05) is 6.92 Å². The molecule has 2 aliphatic rings. The summed E-state index contributed by atoms with van der Waals surface area (Å²) >= 11 is 0. The fraction of sp³-hybridized carbons (Fsp3) is 1.00. The van der Waals surface area contributed by atoms with Crippen molar-refractivity contribution < 1.29 is 9.84 Å². The van der Waals surface area contributed by atoms with Crippen molar-refractivity contribution in [2.24, 2.45) is 5.92 Å². The Labute approximate surface area is 111 Å². The second kappa shape index (κ2) is 6.36. The maximum absolute atomic E-state index is 9.79. The van der Waals surface area contributed by atoms with Gasteiger partial charge in [-0.25, -0.2) is 0 Å². The van der Waals surface area contributed by atoms with E-state index in [1.54, 1.807) is 0 Å². The van der Waals surface area contributed by atoms with Gasteiger partial charge < -0.3 is 15.2 Å². The quantitative estimate of drug-likeness (QED) is 0.811. The molecule has 0 aromatic heterocycles. The standard InChI is InChI=1S/C15H29NO2/c1-12-6-8-15(11-17,9-7-12)16-13-4-3-5-14(10-13)18-2/h12-14,16-17H,3-11H2,1-2H3. The van der Waals surface area contributed by atoms with Crippen LogP contribution >= 0.6 is 0 Å². The summed E-state index contributed by atoms with van der Waals surface area (Å²) in [6.45, 7) is 2.61. The molecule has 2 atom stereocenters. The summed E-state index contributed by atoms with van der Waals surface area (Å²) in [6.07, 6.45) is 9.92. The lowest BCUT2D eigenvalue weighted by Crippen LogP contribution is -2.56. The Hall–Kier alpha value is -0.120. The molecule has 2 fully saturated rings. The number of methoxy groups -OCH3 is 1. The van der Waals surface area contributed by atoms with E-state index >= 15 is 0 Å². The van der Waals surface area contributed by atoms with Crippen LogP contribution in [0.25, 0.3) is 0 Å². The third kappa shape index (κ3) is 3.46. The minimum atomic E-state index is -0.00713. The Bertz CT molecular complexity index is 249. The fourth-order valence-corrected chi connectivity index (χ4v) is 3.59. The van der Waals surface area contributed by atoms with Crippen molar-refractivity contribution >= 4 is 0 Å². The third-order valence-electron chi connectivity index (χ3n) is 5.00. The lowest BCUT2D eigenvalue weighted by atomic mass is 9.76. The SMILES string of the molecule is COC1CCCC(NC2(CO)CCC(C)CC2)C1. The van der Waals surface area contributed by atoms with Gasteiger partial charge in [-0.2, -0.15) is 0 Å². The van der Waals surface area contributed by atoms with E-state index < -0.39 is 0 Å². The molecular weight excluding hydrogens is 226 g/mol. The smallest absolute Gasteiger partial charge is 0.0613 e. The monoisotopic (exact) mass is 255 g/mol. The van der Waals surface area contributed by atoms with Crippen molar-refractivity contribution in [1.82, 2.24) is 5.32 Å². The molecular formula is C15H29NO2. The number of aliphatic hydroxyl groups excluding tert-OH is 1. The Morgan fingerprint density at radius 1 is 1.22 bits per heavy atom. The van der Waals surface area contributed by atoms with E-state index in [4.69, 9.17) is 4.74 Å². The van der Waals surface area contributed by atoms with Crippen LogP contribution in [0, 0.1) is 5.92 Å². The second-order valence-electron chi connectivity index (χ2n) is 6.49. The van der Waals surface area contributed by atoms with Crippen molar-refractivity contribution in [3.05, 3.63) is 0 Å². The molecule has 0 aromatic rings. The van der Waals surface area contributed by atoms with E-state index in [2.05, 4.69) is 12.2 Å². The van der Waals surface area contributed by atoms with Crippen molar-refractivity contribution in [1.29, 1.82) is 0 Å². The Kier molecular flexibility index (Phi) is 5.05. The van der Waals surface area contributed by atoms with Gasteiger partial charge >= 0.3 is 0 Å². The molecule has 0 spiro atoms. The molecule has 0 saturated heterocycles. The zero-order chi connectivity index (χ0) is 13.0. The summed E-state index contributed by atoms with van der Waals surface area (Å²) in [5, 5.41) is 13.6. The highest BCUT2D eigenvalue weighted by Gasteiger charge is 2.36. The van der Waals surface area contributed by atoms with Crippen LogP contribution in [0.4, 0.5) is 0 Å². The Morgan fingerprint density at radius 2 is 1.94 bits per heavy atom. The molecule has 2 aliphatic carbocycles. The summed E-state index contributed by atoms with van der Waals surface area (Å²) in [7, 11) is 1.82. The number of hydrogen-bond acceptors (Lipinski definition) is 3. The fourth-order valence-electron chi connectivity index (χ4n) is 3.59. The van der Waals surface area contributed by atoms with Crippen molar-refractivity contribution in [3.63, 3.8) is 0 Å². The van der Waals surface area contributed by atoms with Gasteiger partial charge in [-0.05, 0) is 57.3 Å². The molecule has 2 N–H and O–H groups in total. The van der Waals surface area contributed by atoms with Crippen LogP contribution in [-0.4, -0.2) is 36.5 Å². The Morgan fingerprint density at radius 3 is 2.56 bits per heavy atom. The molecule has 0 amide bonds. The molecule has 0 radical (unpaired) electrons. The molecule has 18 heavy (non-hydrogen) atoms. The molecule has 106 valence electrons. The normalized spacial score (nSPS) is 41.8. The molecule has 0 heterocycles. The molecule has 3 heteroatoms. The van der Waals surface area contributed by atoms with Crippen molar-refractivity contribution in [3.8, 4) is 0 Å². The Balaban J connectivity index is 1.89. The summed E-state index contributed by atoms with van der Waals surface area (Å²) in [6, 6.07) is 0.532. The van der Waals surface area contributed by atoms with Gasteiger partial charge in [0.25, 0.3) is 0 Å². The summed E-state index contributed by atoms with van der Waals surface area (Å²) < 4.78 is 5.49. The number of ether oxygens (including phenoxy) is 1. The lowest BCUT2D eigenvalue weighted by molar-refractivity contribution is 0.0362. The highest BCUT2D eigenvalue weighted by atomic mass is 16.5. The largest absolute Gasteiger partial charge is 0.394 e. The zero-order valence-corrected chi connectivity index (χ0v) is 12.0. The van der Waals surface area contributed by atoms with E-state index in [1.165, 1.54) is 32.1 Å². The van der Waals surface area contributed by atoms with Crippen LogP contribution < -0.4 is 5.32 Å². The average Bonchev–Trinajstić information content (AvgIpc) is 2.42. The number of rotatable bonds is 4. The van der Waals surface area contributed by atoms with Crippen LogP contribution in [-0.2, 0) is 4.74 Å². The molecule has 0 bridgehead atoms. The molecule has 3 nitrogen and oxygen atoms in total. The van der Waals surface area contributed by atoms with Gasteiger partial charge in [0.2, 0.25) is 0 Å². The first-order valence-electron chi connectivity index (χ1n) is 7.59. The summed E-state index contributed by atoms with van der Waals surface area (Å²) in [5.41, 5.74) is -0.00713. The van der Waals surface area contributed by atoms with Crippen LogP contribution in [0.15, 0.2) is 0 Å². The first-order chi connectivity index (χ1) is 8.67. The zero-order valence-electron chi connectivity index (χ0n) is 12.0. The lowest BCUT2D eigenvalue weighted by Gasteiger charge is -2.43. The first-order valence-corrected chi connectivity index (χ1v) is 7.59. The maximum atomic E-state index is 9.79. The number of nitrogens with one attached hydrogen (secondary N) is 1. The van der Waals surface area contributed by atoms with E-state index in [0.717, 1.165) is 25.2 Å². The molecule has 2 rings (SSSR count). The number of hydrogen-bond donors (Lipinski definition) is 2. The average molecular weight is 255 g/mol. The van der Waals surface area contributed by atoms with Gasteiger partial charge in [-0.3, -0.25) is 0 Å². The minimum Gasteiger partial charge on any atom is -0.394 e. The maximum Gasteiger partial charge on any atom is 0.0613 e. The topological polar surface area (TPSA) is 41.5 Å². The van der Waals surface area contributed by atoms with E-state index in [-0.39, 0.29) is 12.1 Å². The number of aliphatic hydroxyl groups is 1. The van der Waals surface area contributed by atoms with Crippen LogP contribution in [0.1, 0.15) is 58.3 Å². The van der Waals surface area contributed by atoms with Crippen LogP contribution in [0.3, 0.4) is 0 Å². The first kappa shape index (κ1) is 14.3. The highest BCUT2D eigenvalue weighted by molar-refractivity contribution is 4.95. The molecule has 2 saturated carbocycles. The third-order valence-corrected chi connectivity index (χ3v) is 5.00. The minimum absolute atomic E-state index is 0.00713. The van der Waals surface area contributed by atoms with Gasteiger partial charge in [0, 0.05) is 18.7 Å². The van der Waals surface area contributed by atoms with Crippen molar-refractivity contribution in [2.45, 2.75) is 76.0 Å². The van der Waals surface area contributed by atoms with Crippen molar-refractivity contribution in [2.75, 3.05) is 13.7 Å². The van der Waals surface area contributed by atoms with Gasteiger partial charge in [0.15, 0.2) is 0 Å².